The van der Waals surface area contributed by atoms with Crippen LogP contribution in [0.1, 0.15) is 36.7 Å². The van der Waals surface area contributed by atoms with Gasteiger partial charge in [0.2, 0.25) is 11.8 Å². The van der Waals surface area contributed by atoms with Crippen molar-refractivity contribution in [2.24, 2.45) is 0 Å². The molecule has 0 bridgehead atoms. The summed E-state index contributed by atoms with van der Waals surface area (Å²) in [5.41, 5.74) is 3.82. The van der Waals surface area contributed by atoms with Crippen molar-refractivity contribution < 1.29 is 19.1 Å². The Labute approximate surface area is 233 Å². The van der Waals surface area contributed by atoms with Gasteiger partial charge in [-0.15, -0.1) is 0 Å². The zero-order valence-electron chi connectivity index (χ0n) is 22.7. The zero-order valence-corrected chi connectivity index (χ0v) is 22.7. The Morgan fingerprint density at radius 1 is 1.12 bits per heavy atom. The van der Waals surface area contributed by atoms with E-state index >= 15 is 0 Å². The number of carbonyl (C=O) groups is 2. The topological polar surface area (TPSA) is 121 Å². The average Bonchev–Trinajstić information content (AvgIpc) is 2.97. The van der Waals surface area contributed by atoms with Crippen molar-refractivity contribution in [3.05, 3.63) is 65.6 Å². The first-order chi connectivity index (χ1) is 19.4. The van der Waals surface area contributed by atoms with Gasteiger partial charge >= 0.3 is 0 Å². The molecule has 0 spiro atoms. The number of rotatable bonds is 7. The highest BCUT2D eigenvalue weighted by Gasteiger charge is 2.23. The molecule has 10 nitrogen and oxygen atoms in total. The highest BCUT2D eigenvalue weighted by molar-refractivity contribution is 5.83. The second-order valence-corrected chi connectivity index (χ2v) is 9.96. The number of methoxy groups -OCH3 is 1. The molecular formula is C30H32N6O4. The van der Waals surface area contributed by atoms with Crippen molar-refractivity contribution in [1.82, 2.24) is 20.2 Å². The number of benzene rings is 2. The number of aromatic nitrogens is 2. The molecule has 2 aromatic carbocycles. The standard InChI is InChI=1S/C30H32N6O4/c1-20(37)35-12-8-24(9-13-35)40-27-6-4-22(17-23(27)18-31)25-7-10-32-29(34-25)16-21-3-5-26(28(15-21)39-2)36-14-11-33-30(38)19-36/h3-7,10,15,17,24H,8-9,11-14,16,19H2,1-2H3,(H,33,38). The Morgan fingerprint density at radius 2 is 1.95 bits per heavy atom. The Kier molecular flexibility index (Phi) is 8.10. The second-order valence-electron chi connectivity index (χ2n) is 9.96. The van der Waals surface area contributed by atoms with Gasteiger partial charge in [-0.2, -0.15) is 5.26 Å². The third kappa shape index (κ3) is 6.15. The van der Waals surface area contributed by atoms with Crippen molar-refractivity contribution in [1.29, 1.82) is 5.26 Å². The fourth-order valence-corrected chi connectivity index (χ4v) is 5.11. The van der Waals surface area contributed by atoms with Gasteiger partial charge in [-0.1, -0.05) is 6.07 Å². The number of nitrogens with zero attached hydrogens (tertiary/aromatic N) is 5. The second kappa shape index (κ2) is 12.0. The van der Waals surface area contributed by atoms with Gasteiger partial charge in [-0.25, -0.2) is 9.97 Å². The van der Waals surface area contributed by atoms with Crippen molar-refractivity contribution in [3.8, 4) is 28.8 Å². The summed E-state index contributed by atoms with van der Waals surface area (Å²) < 4.78 is 11.8. The first kappa shape index (κ1) is 26.9. The maximum absolute atomic E-state index is 11.8. The first-order valence-corrected chi connectivity index (χ1v) is 13.4. The fourth-order valence-electron chi connectivity index (χ4n) is 5.11. The van der Waals surface area contributed by atoms with Gasteiger partial charge in [0.1, 0.15) is 29.5 Å². The quantitative estimate of drug-likeness (QED) is 0.486. The zero-order chi connectivity index (χ0) is 28.1. The van der Waals surface area contributed by atoms with Gasteiger partial charge in [0.25, 0.3) is 0 Å². The Morgan fingerprint density at radius 3 is 2.67 bits per heavy atom. The maximum Gasteiger partial charge on any atom is 0.239 e. The molecule has 1 N–H and O–H groups in total. The van der Waals surface area contributed by atoms with Crippen LogP contribution in [-0.4, -0.2) is 72.6 Å². The number of carbonyl (C=O) groups excluding carboxylic acids is 2. The molecule has 1 aromatic heterocycles. The normalized spacial score (nSPS) is 15.8. The van der Waals surface area contributed by atoms with Crippen LogP contribution in [0.15, 0.2) is 48.7 Å². The highest BCUT2D eigenvalue weighted by atomic mass is 16.5. The van der Waals surface area contributed by atoms with Gasteiger partial charge in [0.15, 0.2) is 0 Å². The van der Waals surface area contributed by atoms with Crippen molar-refractivity contribution in [2.45, 2.75) is 32.3 Å². The molecule has 10 heteroatoms. The lowest BCUT2D eigenvalue weighted by Gasteiger charge is -2.31. The monoisotopic (exact) mass is 540 g/mol. The molecule has 0 saturated carbocycles. The van der Waals surface area contributed by atoms with E-state index in [1.165, 1.54) is 0 Å². The Hall–Kier alpha value is -4.65. The molecule has 40 heavy (non-hydrogen) atoms. The van der Waals surface area contributed by atoms with Crippen molar-refractivity contribution in [3.63, 3.8) is 0 Å². The van der Waals surface area contributed by atoms with Crippen LogP contribution < -0.4 is 19.7 Å². The van der Waals surface area contributed by atoms with Gasteiger partial charge < -0.3 is 24.6 Å². The number of nitriles is 1. The summed E-state index contributed by atoms with van der Waals surface area (Å²) in [5, 5.41) is 12.7. The molecule has 3 aromatic rings. The molecule has 3 heterocycles. The number of piperidine rings is 1. The summed E-state index contributed by atoms with van der Waals surface area (Å²) in [6.45, 7) is 4.53. The van der Waals surface area contributed by atoms with Crippen LogP contribution in [0.5, 0.6) is 11.5 Å². The van der Waals surface area contributed by atoms with Crippen molar-refractivity contribution in [2.75, 3.05) is 44.7 Å². The minimum Gasteiger partial charge on any atom is -0.495 e. The van der Waals surface area contributed by atoms with Crippen LogP contribution in [0, 0.1) is 11.3 Å². The molecular weight excluding hydrogens is 508 g/mol. The summed E-state index contributed by atoms with van der Waals surface area (Å²) in [5.74, 6) is 1.95. The van der Waals surface area contributed by atoms with Crippen LogP contribution in [0.2, 0.25) is 0 Å². The summed E-state index contributed by atoms with van der Waals surface area (Å²) in [6, 6.07) is 15.5. The van der Waals surface area contributed by atoms with Gasteiger partial charge in [0, 0.05) is 64.1 Å². The van der Waals surface area contributed by atoms with E-state index in [0.717, 1.165) is 36.2 Å². The number of piperazine rings is 1. The fraction of sp³-hybridized carbons (Fsp3) is 0.367. The summed E-state index contributed by atoms with van der Waals surface area (Å²) in [7, 11) is 1.62. The third-order valence-electron chi connectivity index (χ3n) is 7.27. The molecule has 5 rings (SSSR count). The molecule has 206 valence electrons. The molecule has 0 unspecified atom stereocenters. The largest absolute Gasteiger partial charge is 0.495 e. The summed E-state index contributed by atoms with van der Waals surface area (Å²) in [6.07, 6.45) is 3.65. The summed E-state index contributed by atoms with van der Waals surface area (Å²) in [4.78, 5) is 36.5. The van der Waals surface area contributed by atoms with Crippen LogP contribution in [-0.2, 0) is 16.0 Å². The van der Waals surface area contributed by atoms with E-state index < -0.39 is 0 Å². The lowest BCUT2D eigenvalue weighted by molar-refractivity contribution is -0.130. The molecule has 0 aliphatic carbocycles. The summed E-state index contributed by atoms with van der Waals surface area (Å²) >= 11 is 0. The number of ether oxygens (including phenoxy) is 2. The number of hydrogen-bond acceptors (Lipinski definition) is 8. The minimum absolute atomic E-state index is 0.00302. The number of likely N-dealkylation sites (tertiary alicyclic amines) is 1. The van der Waals surface area contributed by atoms with E-state index in [4.69, 9.17) is 14.5 Å². The third-order valence-corrected chi connectivity index (χ3v) is 7.27. The highest BCUT2D eigenvalue weighted by Crippen LogP contribution is 2.31. The average molecular weight is 541 g/mol. The lowest BCUT2D eigenvalue weighted by Crippen LogP contribution is -2.47. The van der Waals surface area contributed by atoms with E-state index in [-0.39, 0.29) is 17.9 Å². The smallest absolute Gasteiger partial charge is 0.239 e. The number of nitrogens with one attached hydrogen (secondary N) is 1. The Bertz CT molecular complexity index is 1440. The molecule has 0 atom stereocenters. The van der Waals surface area contributed by atoms with E-state index in [0.29, 0.717) is 61.2 Å². The van der Waals surface area contributed by atoms with E-state index in [1.807, 2.05) is 46.2 Å². The maximum atomic E-state index is 11.8. The number of anilines is 1. The van der Waals surface area contributed by atoms with Crippen molar-refractivity contribution >= 4 is 17.5 Å². The van der Waals surface area contributed by atoms with E-state index in [9.17, 15) is 14.9 Å². The molecule has 2 amide bonds. The molecule has 2 saturated heterocycles. The van der Waals surface area contributed by atoms with E-state index in [1.54, 1.807) is 26.3 Å². The predicted octanol–water partition coefficient (Wildman–Crippen LogP) is 2.94. The molecule has 2 aliphatic heterocycles. The van der Waals surface area contributed by atoms with Gasteiger partial charge in [0.05, 0.1) is 30.6 Å². The van der Waals surface area contributed by atoms with Gasteiger partial charge in [-0.05, 0) is 42.0 Å². The molecule has 0 radical (unpaired) electrons. The molecule has 2 aliphatic rings. The van der Waals surface area contributed by atoms with Crippen LogP contribution in [0.25, 0.3) is 11.3 Å². The molecule has 2 fully saturated rings. The SMILES string of the molecule is COc1cc(Cc2nccc(-c3ccc(OC4CCN(C(C)=O)CC4)c(C#N)c3)n2)ccc1N1CCNC(=O)C1. The minimum atomic E-state index is -0.0327. The van der Waals surface area contributed by atoms with Gasteiger partial charge in [-0.3, -0.25) is 9.59 Å². The first-order valence-electron chi connectivity index (χ1n) is 13.4. The predicted molar refractivity (Wildman–Crippen MR) is 149 cm³/mol. The van der Waals surface area contributed by atoms with Crippen LogP contribution in [0.4, 0.5) is 5.69 Å². The lowest BCUT2D eigenvalue weighted by atomic mass is 10.1. The van der Waals surface area contributed by atoms with E-state index in [2.05, 4.69) is 16.4 Å². The Balaban J connectivity index is 1.29. The van der Waals surface area contributed by atoms with Crippen LogP contribution in [0.3, 0.4) is 0 Å². The number of amides is 2. The van der Waals surface area contributed by atoms with Crippen LogP contribution >= 0.6 is 0 Å². The number of hydrogen-bond donors (Lipinski definition) is 1.